The maximum absolute atomic E-state index is 15.5. The summed E-state index contributed by atoms with van der Waals surface area (Å²) in [5.41, 5.74) is -3.41. The lowest BCUT2D eigenvalue weighted by molar-refractivity contribution is -0.373. The predicted molar refractivity (Wildman–Crippen MR) is 353 cm³/mol. The summed E-state index contributed by atoms with van der Waals surface area (Å²) in [5, 5.41) is 126. The Morgan fingerprint density at radius 3 is 1.96 bits per heavy atom. The van der Waals surface area contributed by atoms with Crippen LogP contribution in [0.2, 0.25) is 0 Å². The van der Waals surface area contributed by atoms with Gasteiger partial charge in [-0.1, -0.05) is 116 Å². The van der Waals surface area contributed by atoms with E-state index < -0.39 is 174 Å². The molecule has 4 aliphatic carbocycles. The van der Waals surface area contributed by atoms with Gasteiger partial charge in [0.15, 0.2) is 31.1 Å². The summed E-state index contributed by atoms with van der Waals surface area (Å²) in [6.07, 6.45) is -15.6. The lowest BCUT2D eigenvalue weighted by atomic mass is 9.37. The molecule has 7 fully saturated rings. The summed E-state index contributed by atoms with van der Waals surface area (Å²) in [4.78, 5) is 43.0. The normalized spacial score (nSPS) is 43.7. The zero-order valence-corrected chi connectivity index (χ0v) is 58.2. The summed E-state index contributed by atoms with van der Waals surface area (Å²) >= 11 is 0. The largest absolute Gasteiger partial charge is 0.457 e. The van der Waals surface area contributed by atoms with Crippen molar-refractivity contribution in [2.24, 2.45) is 44.3 Å². The highest BCUT2D eigenvalue weighted by Crippen LogP contribution is 2.71. The third kappa shape index (κ3) is 15.7. The smallest absolute Gasteiger partial charge is 0.317 e. The van der Waals surface area contributed by atoms with Crippen molar-refractivity contribution >= 4 is 18.2 Å². The minimum atomic E-state index is -1.91. The molecule has 3 saturated carbocycles. The predicted octanol–water partition coefficient (Wildman–Crippen LogP) is 5.09. The first-order valence-electron chi connectivity index (χ1n) is 35.9. The molecule has 11 unspecified atom stereocenters. The van der Waals surface area contributed by atoms with E-state index in [-0.39, 0.29) is 36.5 Å². The Morgan fingerprint density at radius 1 is 0.612 bits per heavy atom. The number of carbonyl (C=O) groups is 3. The first-order chi connectivity index (χ1) is 46.4. The van der Waals surface area contributed by atoms with Crippen molar-refractivity contribution in [2.75, 3.05) is 13.2 Å². The lowest BCUT2D eigenvalue weighted by Gasteiger charge is -2.68. The second-order valence-corrected chi connectivity index (χ2v) is 31.5. The second-order valence-electron chi connectivity index (χ2n) is 31.5. The van der Waals surface area contributed by atoms with Crippen LogP contribution in [-0.4, -0.2) is 216 Å². The molecule has 550 valence electrons. The highest BCUT2D eigenvalue weighted by molar-refractivity contribution is 5.81. The van der Waals surface area contributed by atoms with Gasteiger partial charge >= 0.3 is 5.97 Å². The Morgan fingerprint density at radius 2 is 1.24 bits per heavy atom. The fourth-order valence-electron chi connectivity index (χ4n) is 17.9. The van der Waals surface area contributed by atoms with Crippen LogP contribution >= 0.6 is 0 Å². The number of allylic oxidation sites excluding steroid dienone is 2. The van der Waals surface area contributed by atoms with Crippen molar-refractivity contribution in [1.29, 1.82) is 0 Å². The van der Waals surface area contributed by atoms with Gasteiger partial charge < -0.3 is 109 Å². The Kier molecular flexibility index (Phi) is 24.6. The van der Waals surface area contributed by atoms with Crippen LogP contribution in [0, 0.1) is 44.3 Å². The molecule has 4 aliphatic heterocycles. The molecular formula is C74H111NO23. The zero-order chi connectivity index (χ0) is 70.9. The third-order valence-electron chi connectivity index (χ3n) is 24.5. The average Bonchev–Trinajstić information content (AvgIpc) is 0.712. The second kappa shape index (κ2) is 31.5. The standard InChI is InChI=1S/C74H111NO23/c1-41-51(79)54(82)62(97-65-59(87)56(84)60(42(2)92-65)95-64-57(85)52(80)46(77)39-90-64)67(91-41)98-68(89)74(32-19-30-69(3,4)35-36-74)49(78)38-70(5)31-18-23-48-71(6)33-29-50(72(7,40-76)47(71)28-34-73(48,70)8)94-66-58(86)53(81)55(83)61(96-66)63(88)75-37-17-12-10-9-11-14-20-43-24-26-45(27-25-43)93-44-21-15-13-16-22-44/h13,15-16,18,21-22,24-27,31,40-42,46-62,64-67,77-87H,9-12,14,17,19-20,23,28-30,32-39H2,1-8H3,(H,75,88)/t41?,42?,46-,47-,48?,49+,50+,51+,52+,53+,54?,55+,56-,57?,58?,59?,60+,61?,62+,64+,65+,66-,67-,70?,71?,72-,73?,74+/m1/s1. The van der Waals surface area contributed by atoms with Crippen LogP contribution in [0.5, 0.6) is 11.5 Å². The molecular weight excluding hydrogens is 1270 g/mol. The van der Waals surface area contributed by atoms with Crippen LogP contribution in [-0.2, 0) is 58.7 Å². The summed E-state index contributed by atoms with van der Waals surface area (Å²) in [6, 6.07) is 17.8. The molecule has 0 radical (unpaired) electrons. The van der Waals surface area contributed by atoms with Gasteiger partial charge in [-0.2, -0.15) is 0 Å². The van der Waals surface area contributed by atoms with E-state index >= 15 is 4.79 Å². The topological polar surface area (TPSA) is 369 Å². The van der Waals surface area contributed by atoms with Crippen LogP contribution < -0.4 is 10.1 Å². The molecule has 8 aliphatic rings. The minimum absolute atomic E-state index is 0.0538. The summed E-state index contributed by atoms with van der Waals surface area (Å²) in [7, 11) is 0. The summed E-state index contributed by atoms with van der Waals surface area (Å²) < 4.78 is 54.3. The number of para-hydroxylation sites is 1. The van der Waals surface area contributed by atoms with E-state index in [2.05, 4.69) is 64.2 Å². The Labute approximate surface area is 575 Å². The number of benzene rings is 2. The number of fused-ring (bicyclic) bond motifs is 3. The number of ether oxygens (including phenoxy) is 9. The maximum Gasteiger partial charge on any atom is 0.317 e. The quantitative estimate of drug-likeness (QED) is 0.0163. The number of aldehydes is 1. The van der Waals surface area contributed by atoms with Crippen molar-refractivity contribution in [3.8, 4) is 11.5 Å². The first-order valence-corrected chi connectivity index (χ1v) is 35.9. The summed E-state index contributed by atoms with van der Waals surface area (Å²) in [5.74, 6) is -0.196. The molecule has 4 heterocycles. The van der Waals surface area contributed by atoms with E-state index in [0.717, 1.165) is 62.7 Å². The molecule has 0 bridgehead atoms. The van der Waals surface area contributed by atoms with Gasteiger partial charge in [0.1, 0.15) is 84.9 Å². The van der Waals surface area contributed by atoms with Crippen molar-refractivity contribution in [3.63, 3.8) is 0 Å². The monoisotopic (exact) mass is 1380 g/mol. The SMILES string of the molecule is CC1O[C@H](OC(=O)[C@@]2([C@@H](O)CC3(C)C=CCC4C5(C)CC[C@H](O[C@@H]6OC(C(=O)NCCCCCCCCc7ccc(Oc8ccccc8)cc7)[C@@H](O)[C@H](O)C6O)[C@](C)(C=O)[C@@H]5CCC43C)CCCC(C)(C)CC2)[C@@H](O[C@@H]2OC(C)[C@H](O[C@@H]3OC[C@@H](O)[C@H](O)C3O)[C@H](O)C2O)C(O)[C@H]1O. The summed E-state index contributed by atoms with van der Waals surface area (Å²) in [6.45, 7) is 15.5. The van der Waals surface area contributed by atoms with Crippen LogP contribution in [0.25, 0.3) is 0 Å². The minimum Gasteiger partial charge on any atom is -0.457 e. The van der Waals surface area contributed by atoms with Crippen LogP contribution in [0.4, 0.5) is 0 Å². The van der Waals surface area contributed by atoms with Gasteiger partial charge in [-0.3, -0.25) is 9.59 Å². The van der Waals surface area contributed by atoms with Gasteiger partial charge in [0.25, 0.3) is 5.91 Å². The number of aliphatic hydroxyl groups excluding tert-OH is 11. The molecule has 0 aromatic heterocycles. The highest BCUT2D eigenvalue weighted by atomic mass is 16.8. The molecule has 10 rings (SSSR count). The number of carbonyl (C=O) groups excluding carboxylic acids is 3. The van der Waals surface area contributed by atoms with Crippen molar-refractivity contribution in [1.82, 2.24) is 5.32 Å². The van der Waals surface area contributed by atoms with Crippen LogP contribution in [0.1, 0.15) is 170 Å². The lowest BCUT2D eigenvalue weighted by Crippen LogP contribution is -2.66. The molecule has 0 spiro atoms. The Hall–Kier alpha value is -4.13. The van der Waals surface area contributed by atoms with Gasteiger partial charge in [-0.15, -0.1) is 0 Å². The number of esters is 1. The van der Waals surface area contributed by atoms with Gasteiger partial charge in [0.2, 0.25) is 6.29 Å². The molecule has 2 aromatic rings. The van der Waals surface area contributed by atoms with Crippen molar-refractivity contribution in [2.45, 2.75) is 300 Å². The molecule has 4 saturated heterocycles. The van der Waals surface area contributed by atoms with E-state index in [4.69, 9.17) is 42.6 Å². The van der Waals surface area contributed by atoms with Gasteiger partial charge in [-0.05, 0) is 161 Å². The Bertz CT molecular complexity index is 2980. The fraction of sp³-hybridized carbons (Fsp3) is 0.770. The number of aliphatic hydroxyl groups is 11. The number of nitrogens with one attached hydrogen (secondary N) is 1. The molecule has 1 amide bonds. The maximum atomic E-state index is 15.5. The average molecular weight is 1380 g/mol. The van der Waals surface area contributed by atoms with Gasteiger partial charge in [-0.25, -0.2) is 0 Å². The third-order valence-corrected chi connectivity index (χ3v) is 24.5. The number of hydrogen-bond acceptors (Lipinski definition) is 23. The van der Waals surface area contributed by atoms with Crippen LogP contribution in [0.15, 0.2) is 66.7 Å². The molecule has 28 atom stereocenters. The van der Waals surface area contributed by atoms with Gasteiger partial charge in [0.05, 0.1) is 41.9 Å². The number of rotatable bonds is 24. The molecule has 24 nitrogen and oxygen atoms in total. The number of unbranched alkanes of at least 4 members (excludes halogenated alkanes) is 5. The van der Waals surface area contributed by atoms with E-state index in [1.165, 1.54) is 19.4 Å². The highest BCUT2D eigenvalue weighted by Gasteiger charge is 2.67. The molecule has 24 heteroatoms. The zero-order valence-electron chi connectivity index (χ0n) is 58.2. The number of amides is 1. The van der Waals surface area contributed by atoms with Crippen LogP contribution in [0.3, 0.4) is 0 Å². The van der Waals surface area contributed by atoms with E-state index in [0.29, 0.717) is 57.9 Å². The molecule has 98 heavy (non-hydrogen) atoms. The van der Waals surface area contributed by atoms with E-state index in [1.54, 1.807) is 0 Å². The number of aryl methyl sites for hydroxylation is 1. The van der Waals surface area contributed by atoms with Crippen molar-refractivity contribution in [3.05, 3.63) is 72.3 Å². The van der Waals surface area contributed by atoms with E-state index in [9.17, 15) is 65.8 Å². The van der Waals surface area contributed by atoms with E-state index in [1.807, 2.05) is 49.4 Å². The van der Waals surface area contributed by atoms with Crippen molar-refractivity contribution < 1.29 is 113 Å². The molecule has 2 aromatic carbocycles. The van der Waals surface area contributed by atoms with Gasteiger partial charge in [0, 0.05) is 6.54 Å². The molecule has 12 N–H and O–H groups in total. The fourth-order valence-corrected chi connectivity index (χ4v) is 17.9. The number of hydrogen-bond donors (Lipinski definition) is 12. The Balaban J connectivity index is 0.759. The first kappa shape index (κ1) is 76.5.